The third kappa shape index (κ3) is 6.02. The van der Waals surface area contributed by atoms with Crippen molar-refractivity contribution in [3.05, 3.63) is 0 Å². The Labute approximate surface area is 92.0 Å². The van der Waals surface area contributed by atoms with E-state index in [2.05, 4.69) is 6.92 Å². The molecule has 0 radical (unpaired) electrons. The van der Waals surface area contributed by atoms with Gasteiger partial charge in [-0.25, -0.2) is 0 Å². The second-order valence-corrected chi connectivity index (χ2v) is 6.59. The zero-order valence-electron chi connectivity index (χ0n) is 9.86. The monoisotopic (exact) mass is 214 g/mol. The van der Waals surface area contributed by atoms with Gasteiger partial charge in [0.2, 0.25) is 0 Å². The first-order chi connectivity index (χ1) is 6.93. The second kappa shape index (κ2) is 8.72. The molecule has 1 aliphatic carbocycles. The van der Waals surface area contributed by atoms with Gasteiger partial charge in [-0.3, -0.25) is 0 Å². The zero-order valence-corrected chi connectivity index (χ0v) is 10.9. The Kier molecular flexibility index (Phi) is 7.78. The van der Waals surface area contributed by atoms with Gasteiger partial charge in [0.25, 0.3) is 0 Å². The number of hydrogen-bond donors (Lipinski definition) is 0. The average Bonchev–Trinajstić information content (AvgIpc) is 2.24. The predicted molar refractivity (Wildman–Crippen MR) is 68.8 cm³/mol. The molecule has 0 nitrogen and oxygen atoms in total. The van der Waals surface area contributed by atoms with Crippen molar-refractivity contribution in [3.8, 4) is 0 Å². The Morgan fingerprint density at radius 2 is 1.21 bits per heavy atom. The molecule has 1 saturated carbocycles. The van der Waals surface area contributed by atoms with Crippen LogP contribution in [0.15, 0.2) is 0 Å². The summed E-state index contributed by atoms with van der Waals surface area (Å²) in [6, 6.07) is 0. The maximum atomic E-state index is 2.35. The molecule has 0 heterocycles. The van der Waals surface area contributed by atoms with Gasteiger partial charge in [-0.15, -0.1) is 8.58 Å². The largest absolute Gasteiger partial charge is 0.119 e. The first kappa shape index (κ1) is 12.5. The highest BCUT2D eigenvalue weighted by atomic mass is 31.1. The van der Waals surface area contributed by atoms with E-state index in [1.807, 2.05) is 0 Å². The summed E-state index contributed by atoms with van der Waals surface area (Å²) in [7, 11) is 1.25. The summed E-state index contributed by atoms with van der Waals surface area (Å²) in [6.07, 6.45) is 16.5. The highest BCUT2D eigenvalue weighted by Crippen LogP contribution is 2.29. The molecule has 0 amide bonds. The van der Waals surface area contributed by atoms with E-state index in [1.54, 1.807) is 0 Å². The fourth-order valence-electron chi connectivity index (χ4n) is 2.48. The van der Waals surface area contributed by atoms with Crippen LogP contribution in [0.25, 0.3) is 0 Å². The molecule has 1 rings (SSSR count). The maximum Gasteiger partial charge on any atom is -0.0237 e. The summed E-state index contributed by atoms with van der Waals surface area (Å²) in [5, 5.41) is 0. The first-order valence-corrected chi connectivity index (χ1v) is 7.95. The third-order valence-electron chi connectivity index (χ3n) is 3.35. The molecular weight excluding hydrogens is 187 g/mol. The van der Waals surface area contributed by atoms with E-state index in [0.29, 0.717) is 0 Å². The van der Waals surface area contributed by atoms with Gasteiger partial charge in [0.1, 0.15) is 0 Å². The van der Waals surface area contributed by atoms with Crippen LogP contribution in [0.4, 0.5) is 0 Å². The summed E-state index contributed by atoms with van der Waals surface area (Å²) in [4.78, 5) is 0. The van der Waals surface area contributed by atoms with Crippen molar-refractivity contribution in [2.24, 2.45) is 0 Å². The summed E-state index contributed by atoms with van der Waals surface area (Å²) in [6.45, 7) is 2.35. The molecule has 1 unspecified atom stereocenters. The van der Waals surface area contributed by atoms with Gasteiger partial charge >= 0.3 is 0 Å². The number of rotatable bonds is 2. The molecule has 1 aliphatic rings. The van der Waals surface area contributed by atoms with Crippen LogP contribution in [0.5, 0.6) is 0 Å². The lowest BCUT2D eigenvalue weighted by Crippen LogP contribution is -2.01. The molecule has 0 N–H and O–H groups in total. The summed E-state index contributed by atoms with van der Waals surface area (Å²) < 4.78 is 0. The fourth-order valence-corrected chi connectivity index (χ4v) is 3.87. The summed E-state index contributed by atoms with van der Waals surface area (Å²) in [5.41, 5.74) is 1.10. The van der Waals surface area contributed by atoms with E-state index < -0.39 is 0 Å². The van der Waals surface area contributed by atoms with Gasteiger partial charge in [0, 0.05) is 0 Å². The lowest BCUT2D eigenvalue weighted by Gasteiger charge is -2.15. The topological polar surface area (TPSA) is 0 Å². The van der Waals surface area contributed by atoms with Crippen molar-refractivity contribution in [1.82, 2.24) is 0 Å². The van der Waals surface area contributed by atoms with E-state index >= 15 is 0 Å². The van der Waals surface area contributed by atoms with Gasteiger partial charge in [0.15, 0.2) is 0 Å². The molecule has 14 heavy (non-hydrogen) atoms. The van der Waals surface area contributed by atoms with Gasteiger partial charge in [-0.05, 0) is 24.7 Å². The Morgan fingerprint density at radius 3 is 1.64 bits per heavy atom. The van der Waals surface area contributed by atoms with Crippen molar-refractivity contribution < 1.29 is 0 Å². The van der Waals surface area contributed by atoms with Gasteiger partial charge in [-0.1, -0.05) is 58.3 Å². The predicted octanol–water partition coefficient (Wildman–Crippen LogP) is 4.97. The highest BCUT2D eigenvalue weighted by molar-refractivity contribution is 7.38. The summed E-state index contributed by atoms with van der Waals surface area (Å²) in [5.74, 6) is 0. The Hall–Kier alpha value is 0.430. The minimum absolute atomic E-state index is 1.10. The fraction of sp³-hybridized carbons (Fsp3) is 1.00. The molecule has 0 aliphatic heterocycles. The quantitative estimate of drug-likeness (QED) is 0.569. The minimum atomic E-state index is 1.10. The first-order valence-electron chi connectivity index (χ1n) is 6.67. The lowest BCUT2D eigenvalue weighted by molar-refractivity contribution is 0.585. The standard InChI is InChI=1S/C13H27P/c1-2-14-13-11-9-7-5-3-4-6-8-10-12-13/h13-14H,2-12H2,1H3. The van der Waals surface area contributed by atoms with Crippen LogP contribution in [-0.4, -0.2) is 11.8 Å². The number of hydrogen-bond acceptors (Lipinski definition) is 0. The molecule has 1 atom stereocenters. The maximum absolute atomic E-state index is 2.35. The van der Waals surface area contributed by atoms with Crippen LogP contribution in [-0.2, 0) is 0 Å². The average molecular weight is 214 g/mol. The smallest absolute Gasteiger partial charge is 0.0237 e. The molecule has 1 fully saturated rings. The van der Waals surface area contributed by atoms with Gasteiger partial charge < -0.3 is 0 Å². The Balaban J connectivity index is 2.20. The van der Waals surface area contributed by atoms with Crippen molar-refractivity contribution >= 4 is 8.58 Å². The SMILES string of the molecule is CCPC1CCCCCCCCCC1. The molecule has 0 bridgehead atoms. The van der Waals surface area contributed by atoms with E-state index in [4.69, 9.17) is 0 Å². The van der Waals surface area contributed by atoms with Crippen molar-refractivity contribution in [1.29, 1.82) is 0 Å². The zero-order chi connectivity index (χ0) is 10.1. The van der Waals surface area contributed by atoms with Crippen LogP contribution in [0.2, 0.25) is 0 Å². The van der Waals surface area contributed by atoms with Gasteiger partial charge in [-0.2, -0.15) is 0 Å². The Morgan fingerprint density at radius 1 is 0.786 bits per heavy atom. The van der Waals surface area contributed by atoms with Crippen molar-refractivity contribution in [2.45, 2.75) is 76.8 Å². The molecule has 0 spiro atoms. The molecule has 0 aromatic carbocycles. The molecule has 0 aromatic heterocycles. The van der Waals surface area contributed by atoms with E-state index in [-0.39, 0.29) is 0 Å². The molecule has 84 valence electrons. The second-order valence-electron chi connectivity index (χ2n) is 4.66. The van der Waals surface area contributed by atoms with E-state index in [1.165, 1.54) is 79.0 Å². The van der Waals surface area contributed by atoms with Crippen molar-refractivity contribution in [3.63, 3.8) is 0 Å². The van der Waals surface area contributed by atoms with Crippen LogP contribution < -0.4 is 0 Å². The molecule has 0 saturated heterocycles. The van der Waals surface area contributed by atoms with Crippen LogP contribution in [0.3, 0.4) is 0 Å². The third-order valence-corrected chi connectivity index (χ3v) is 4.91. The molecule has 0 aromatic rings. The van der Waals surface area contributed by atoms with Crippen LogP contribution >= 0.6 is 8.58 Å². The van der Waals surface area contributed by atoms with Crippen LogP contribution in [0, 0.1) is 0 Å². The van der Waals surface area contributed by atoms with E-state index in [0.717, 1.165) is 5.66 Å². The van der Waals surface area contributed by atoms with Gasteiger partial charge in [0.05, 0.1) is 0 Å². The molecular formula is C13H27P. The van der Waals surface area contributed by atoms with Crippen LogP contribution in [0.1, 0.15) is 71.1 Å². The molecule has 1 heteroatoms. The highest BCUT2D eigenvalue weighted by Gasteiger charge is 2.08. The summed E-state index contributed by atoms with van der Waals surface area (Å²) >= 11 is 0. The normalized spacial score (nSPS) is 23.8. The van der Waals surface area contributed by atoms with Crippen molar-refractivity contribution in [2.75, 3.05) is 6.16 Å². The Bertz CT molecular complexity index is 110. The lowest BCUT2D eigenvalue weighted by atomic mass is 10.1. The minimum Gasteiger partial charge on any atom is -0.119 e. The van der Waals surface area contributed by atoms with E-state index in [9.17, 15) is 0 Å².